The van der Waals surface area contributed by atoms with Crippen molar-refractivity contribution in [2.75, 3.05) is 39.9 Å². The number of hydrogen-bond donors (Lipinski definition) is 0. The lowest BCUT2D eigenvalue weighted by Crippen LogP contribution is -2.35. The normalized spacial score (nSPS) is 15.2. The molecule has 0 radical (unpaired) electrons. The summed E-state index contributed by atoms with van der Waals surface area (Å²) in [5, 5.41) is 0. The molecule has 150 valence electrons. The minimum Gasteiger partial charge on any atom is -0.497 e. The maximum Gasteiger partial charge on any atom is 0.253 e. The molecule has 28 heavy (non-hydrogen) atoms. The van der Waals surface area contributed by atoms with Crippen LogP contribution in [0.4, 0.5) is 0 Å². The largest absolute Gasteiger partial charge is 0.497 e. The van der Waals surface area contributed by atoms with Gasteiger partial charge in [-0.15, -0.1) is 0 Å². The van der Waals surface area contributed by atoms with Gasteiger partial charge in [-0.3, -0.25) is 9.69 Å². The predicted molar refractivity (Wildman–Crippen MR) is 111 cm³/mol. The number of ether oxygens (including phenoxy) is 2. The zero-order valence-corrected chi connectivity index (χ0v) is 17.1. The number of carbonyl (C=O) groups excluding carboxylic acids is 1. The van der Waals surface area contributed by atoms with Crippen LogP contribution in [0.1, 0.15) is 34.8 Å². The molecule has 1 amide bonds. The monoisotopic (exact) mass is 382 g/mol. The van der Waals surface area contributed by atoms with Gasteiger partial charge in [0.1, 0.15) is 11.5 Å². The molecule has 5 nitrogen and oxygen atoms in total. The lowest BCUT2D eigenvalue weighted by molar-refractivity contribution is 0.0761. The Bertz CT molecular complexity index is 789. The zero-order chi connectivity index (χ0) is 19.9. The van der Waals surface area contributed by atoms with Crippen LogP contribution >= 0.6 is 0 Å². The van der Waals surface area contributed by atoms with E-state index in [1.807, 2.05) is 49.1 Å². The van der Waals surface area contributed by atoms with Crippen LogP contribution in [0.15, 0.2) is 42.5 Å². The quantitative estimate of drug-likeness (QED) is 0.763. The molecule has 1 fully saturated rings. The number of rotatable bonds is 6. The van der Waals surface area contributed by atoms with E-state index in [4.69, 9.17) is 9.47 Å². The molecule has 0 aromatic heterocycles. The van der Waals surface area contributed by atoms with Crippen LogP contribution < -0.4 is 9.47 Å². The summed E-state index contributed by atoms with van der Waals surface area (Å²) in [4.78, 5) is 17.4. The Morgan fingerprint density at radius 3 is 2.50 bits per heavy atom. The molecule has 2 aromatic carbocycles. The van der Waals surface area contributed by atoms with Crippen molar-refractivity contribution in [3.05, 3.63) is 59.2 Å². The van der Waals surface area contributed by atoms with Crippen LogP contribution in [-0.4, -0.2) is 55.6 Å². The maximum atomic E-state index is 13.0. The van der Waals surface area contributed by atoms with Crippen molar-refractivity contribution in [3.8, 4) is 11.5 Å². The van der Waals surface area contributed by atoms with Crippen molar-refractivity contribution in [3.63, 3.8) is 0 Å². The minimum absolute atomic E-state index is 0.109. The molecule has 1 aliphatic rings. The van der Waals surface area contributed by atoms with Gasteiger partial charge >= 0.3 is 0 Å². The van der Waals surface area contributed by atoms with Gasteiger partial charge in [0.25, 0.3) is 5.91 Å². The van der Waals surface area contributed by atoms with Gasteiger partial charge in [-0.1, -0.05) is 12.1 Å². The maximum absolute atomic E-state index is 13.0. The molecule has 2 aromatic rings. The third kappa shape index (κ3) is 5.04. The SMILES string of the molecule is CCOc1ccc(C(=O)N2CCCN(Cc3ccc(OC)cc3)CC2)cc1C. The summed E-state index contributed by atoms with van der Waals surface area (Å²) in [6.07, 6.45) is 0.984. The molecule has 0 bridgehead atoms. The van der Waals surface area contributed by atoms with Gasteiger partial charge in [-0.2, -0.15) is 0 Å². The van der Waals surface area contributed by atoms with E-state index in [1.165, 1.54) is 5.56 Å². The molecular formula is C23H30N2O3. The van der Waals surface area contributed by atoms with Gasteiger partial charge in [-0.25, -0.2) is 0 Å². The van der Waals surface area contributed by atoms with Crippen LogP contribution in [-0.2, 0) is 6.54 Å². The first kappa shape index (κ1) is 20.2. The second kappa shape index (κ2) is 9.60. The number of benzene rings is 2. The van der Waals surface area contributed by atoms with Gasteiger partial charge in [-0.05, 0) is 61.7 Å². The second-order valence-corrected chi connectivity index (χ2v) is 7.18. The van der Waals surface area contributed by atoms with E-state index in [-0.39, 0.29) is 5.91 Å². The number of nitrogens with zero attached hydrogens (tertiary/aromatic N) is 2. The van der Waals surface area contributed by atoms with Crippen molar-refractivity contribution in [1.82, 2.24) is 9.80 Å². The van der Waals surface area contributed by atoms with Gasteiger partial charge < -0.3 is 14.4 Å². The highest BCUT2D eigenvalue weighted by Gasteiger charge is 2.21. The molecule has 0 saturated carbocycles. The average Bonchev–Trinajstić information content (AvgIpc) is 2.95. The number of amides is 1. The van der Waals surface area contributed by atoms with Crippen LogP contribution in [0, 0.1) is 6.92 Å². The zero-order valence-electron chi connectivity index (χ0n) is 17.1. The van der Waals surface area contributed by atoms with Crippen molar-refractivity contribution in [2.24, 2.45) is 0 Å². The first-order valence-electron chi connectivity index (χ1n) is 9.98. The third-order valence-electron chi connectivity index (χ3n) is 5.16. The van der Waals surface area contributed by atoms with Gasteiger partial charge in [0.05, 0.1) is 13.7 Å². The van der Waals surface area contributed by atoms with E-state index in [2.05, 4.69) is 17.0 Å². The standard InChI is InChI=1S/C23H30N2O3/c1-4-28-22-11-8-20(16-18(22)2)23(26)25-13-5-12-24(14-15-25)17-19-6-9-21(27-3)10-7-19/h6-11,16H,4-5,12-15,17H2,1-3H3. The van der Waals surface area contributed by atoms with Crippen molar-refractivity contribution in [1.29, 1.82) is 0 Å². The Kier molecular flexibility index (Phi) is 6.93. The van der Waals surface area contributed by atoms with E-state index >= 15 is 0 Å². The first-order valence-corrected chi connectivity index (χ1v) is 9.98. The van der Waals surface area contributed by atoms with E-state index in [0.29, 0.717) is 6.61 Å². The number of hydrogen-bond acceptors (Lipinski definition) is 4. The highest BCUT2D eigenvalue weighted by molar-refractivity contribution is 5.94. The molecule has 0 N–H and O–H groups in total. The summed E-state index contributed by atoms with van der Waals surface area (Å²) < 4.78 is 10.8. The first-order chi connectivity index (χ1) is 13.6. The number of methoxy groups -OCH3 is 1. The summed E-state index contributed by atoms with van der Waals surface area (Å²) in [7, 11) is 1.68. The van der Waals surface area contributed by atoms with Crippen LogP contribution in [0.3, 0.4) is 0 Å². The summed E-state index contributed by atoms with van der Waals surface area (Å²) in [5.74, 6) is 1.83. The van der Waals surface area contributed by atoms with Crippen molar-refractivity contribution in [2.45, 2.75) is 26.8 Å². The fourth-order valence-electron chi connectivity index (χ4n) is 3.60. The fraction of sp³-hybridized carbons (Fsp3) is 0.435. The predicted octanol–water partition coefficient (Wildman–Crippen LogP) is 3.75. The van der Waals surface area contributed by atoms with Gasteiger partial charge in [0.2, 0.25) is 0 Å². The van der Waals surface area contributed by atoms with E-state index in [9.17, 15) is 4.79 Å². The Morgan fingerprint density at radius 2 is 1.82 bits per heavy atom. The van der Waals surface area contributed by atoms with Gasteiger partial charge in [0, 0.05) is 38.3 Å². The van der Waals surface area contributed by atoms with E-state index in [1.54, 1.807) is 7.11 Å². The average molecular weight is 383 g/mol. The Morgan fingerprint density at radius 1 is 1.04 bits per heavy atom. The number of carbonyl (C=O) groups is 1. The molecule has 0 unspecified atom stereocenters. The highest BCUT2D eigenvalue weighted by Crippen LogP contribution is 2.21. The summed E-state index contributed by atoms with van der Waals surface area (Å²) in [5.41, 5.74) is 3.01. The molecule has 1 saturated heterocycles. The molecule has 0 spiro atoms. The van der Waals surface area contributed by atoms with Crippen LogP contribution in [0.5, 0.6) is 11.5 Å². The number of aryl methyl sites for hydroxylation is 1. The lowest BCUT2D eigenvalue weighted by Gasteiger charge is -2.22. The molecule has 1 aliphatic heterocycles. The van der Waals surface area contributed by atoms with Crippen molar-refractivity contribution < 1.29 is 14.3 Å². The Balaban J connectivity index is 1.59. The smallest absolute Gasteiger partial charge is 0.253 e. The molecule has 1 heterocycles. The molecule has 5 heteroatoms. The Hall–Kier alpha value is -2.53. The van der Waals surface area contributed by atoms with Crippen LogP contribution in [0.25, 0.3) is 0 Å². The van der Waals surface area contributed by atoms with E-state index < -0.39 is 0 Å². The minimum atomic E-state index is 0.109. The Labute approximate surface area is 167 Å². The summed E-state index contributed by atoms with van der Waals surface area (Å²) in [6.45, 7) is 8.91. The van der Waals surface area contributed by atoms with Crippen LogP contribution in [0.2, 0.25) is 0 Å². The lowest BCUT2D eigenvalue weighted by atomic mass is 10.1. The topological polar surface area (TPSA) is 42.0 Å². The van der Waals surface area contributed by atoms with Gasteiger partial charge in [0.15, 0.2) is 0 Å². The molecule has 0 aliphatic carbocycles. The fourth-order valence-corrected chi connectivity index (χ4v) is 3.60. The third-order valence-corrected chi connectivity index (χ3v) is 5.16. The molecule has 0 atom stereocenters. The van der Waals surface area contributed by atoms with E-state index in [0.717, 1.165) is 61.8 Å². The highest BCUT2D eigenvalue weighted by atomic mass is 16.5. The summed E-state index contributed by atoms with van der Waals surface area (Å²) in [6, 6.07) is 13.9. The summed E-state index contributed by atoms with van der Waals surface area (Å²) >= 11 is 0. The molecular weight excluding hydrogens is 352 g/mol. The van der Waals surface area contributed by atoms with Crippen molar-refractivity contribution >= 4 is 5.91 Å². The second-order valence-electron chi connectivity index (χ2n) is 7.18. The molecule has 3 rings (SSSR count).